The van der Waals surface area contributed by atoms with Crippen LogP contribution in [0, 0.1) is 6.92 Å². The number of fused-ring (bicyclic) bond motifs is 1. The van der Waals surface area contributed by atoms with Gasteiger partial charge in [-0.1, -0.05) is 0 Å². The van der Waals surface area contributed by atoms with E-state index in [1.54, 1.807) is 25.4 Å². The highest BCUT2D eigenvalue weighted by Crippen LogP contribution is 2.23. The van der Waals surface area contributed by atoms with E-state index in [0.29, 0.717) is 41.6 Å². The lowest BCUT2D eigenvalue weighted by molar-refractivity contribution is 0.137. The summed E-state index contributed by atoms with van der Waals surface area (Å²) >= 11 is 0. The van der Waals surface area contributed by atoms with Gasteiger partial charge in [-0.05, 0) is 18.6 Å². The molecule has 0 bridgehead atoms. The summed E-state index contributed by atoms with van der Waals surface area (Å²) in [6, 6.07) is 4.44. The van der Waals surface area contributed by atoms with E-state index >= 15 is 0 Å². The first kappa shape index (κ1) is 17.3. The fourth-order valence-electron chi connectivity index (χ4n) is 3.00. The molecule has 2 amide bonds. The molecule has 4 rings (SSSR count). The van der Waals surface area contributed by atoms with E-state index in [1.165, 1.54) is 4.90 Å². The minimum Gasteiger partial charge on any atom is -0.439 e. The highest BCUT2D eigenvalue weighted by atomic mass is 19.1. The van der Waals surface area contributed by atoms with Crippen molar-refractivity contribution in [2.24, 2.45) is 5.73 Å². The summed E-state index contributed by atoms with van der Waals surface area (Å²) in [6.45, 7) is 2.15. The number of likely N-dealkylation sites (tertiary alicyclic amines) is 1. The van der Waals surface area contributed by atoms with Crippen molar-refractivity contribution in [3.05, 3.63) is 36.5 Å². The van der Waals surface area contributed by atoms with E-state index in [4.69, 9.17) is 10.2 Å². The van der Waals surface area contributed by atoms with Crippen molar-refractivity contribution < 1.29 is 13.6 Å². The van der Waals surface area contributed by atoms with E-state index in [0.717, 1.165) is 5.39 Å². The van der Waals surface area contributed by atoms with Gasteiger partial charge in [0.2, 0.25) is 0 Å². The maximum Gasteiger partial charge on any atom is 0.323 e. The lowest BCUT2D eigenvalue weighted by Crippen LogP contribution is -2.51. The second-order valence-electron chi connectivity index (χ2n) is 6.55. The first-order chi connectivity index (χ1) is 13.0. The molecular formula is C18H19FN6O2. The van der Waals surface area contributed by atoms with Crippen LogP contribution in [0.5, 0.6) is 0 Å². The smallest absolute Gasteiger partial charge is 0.323 e. The quantitative estimate of drug-likeness (QED) is 0.717. The number of piperidine rings is 1. The van der Waals surface area contributed by atoms with Crippen molar-refractivity contribution in [1.82, 2.24) is 19.9 Å². The Bertz CT molecular complexity index is 991. The number of carbonyl (C=O) groups is 1. The second kappa shape index (κ2) is 6.92. The van der Waals surface area contributed by atoms with Crippen molar-refractivity contribution in [1.29, 1.82) is 0 Å². The van der Waals surface area contributed by atoms with Crippen LogP contribution in [-0.4, -0.2) is 51.2 Å². The van der Waals surface area contributed by atoms with Gasteiger partial charge in [0.15, 0.2) is 11.7 Å². The number of aryl methyl sites for hydroxylation is 1. The van der Waals surface area contributed by atoms with E-state index in [2.05, 4.69) is 20.3 Å². The Morgan fingerprint density at radius 3 is 2.96 bits per heavy atom. The zero-order valence-electron chi connectivity index (χ0n) is 14.7. The summed E-state index contributed by atoms with van der Waals surface area (Å²) in [5, 5.41) is 3.52. The molecule has 3 aromatic rings. The van der Waals surface area contributed by atoms with Crippen molar-refractivity contribution in [2.75, 3.05) is 18.4 Å². The number of nitrogens with two attached hydrogens (primary N) is 1. The number of alkyl halides is 1. The first-order valence-electron chi connectivity index (χ1n) is 8.65. The zero-order chi connectivity index (χ0) is 19.0. The number of aromatic nitrogens is 3. The number of rotatable bonds is 2. The zero-order valence-corrected chi connectivity index (χ0v) is 14.7. The molecule has 0 aromatic carbocycles. The monoisotopic (exact) mass is 370 g/mol. The molecule has 1 saturated heterocycles. The topological polar surface area (TPSA) is 110 Å². The van der Waals surface area contributed by atoms with E-state index in [1.807, 2.05) is 12.1 Å². The lowest BCUT2D eigenvalue weighted by atomic mass is 10.0. The number of hydrogen-bond acceptors (Lipinski definition) is 6. The molecule has 1 aliphatic heterocycles. The Labute approximate surface area is 154 Å². The van der Waals surface area contributed by atoms with Gasteiger partial charge in [-0.25, -0.2) is 24.1 Å². The third-order valence-electron chi connectivity index (χ3n) is 4.56. The number of hydrogen-bond donors (Lipinski definition) is 2. The SMILES string of the molecule is Cc1ncc(-c2ccc3cnc(NC(=O)N4CC[C@H](N)[C@@H](F)C4)cc3n2)o1. The van der Waals surface area contributed by atoms with Crippen LogP contribution in [-0.2, 0) is 0 Å². The summed E-state index contributed by atoms with van der Waals surface area (Å²) in [7, 11) is 0. The Morgan fingerprint density at radius 2 is 2.22 bits per heavy atom. The molecule has 3 N–H and O–H groups in total. The Hall–Kier alpha value is -3.07. The summed E-state index contributed by atoms with van der Waals surface area (Å²) in [6.07, 6.45) is 2.45. The highest BCUT2D eigenvalue weighted by molar-refractivity contribution is 5.91. The van der Waals surface area contributed by atoms with Gasteiger partial charge in [0, 0.05) is 37.2 Å². The van der Waals surface area contributed by atoms with Gasteiger partial charge in [-0.2, -0.15) is 0 Å². The summed E-state index contributed by atoms with van der Waals surface area (Å²) < 4.78 is 19.3. The molecule has 27 heavy (non-hydrogen) atoms. The van der Waals surface area contributed by atoms with Gasteiger partial charge in [-0.15, -0.1) is 0 Å². The molecule has 0 aliphatic carbocycles. The molecule has 140 valence electrons. The normalized spacial score (nSPS) is 20.0. The van der Waals surface area contributed by atoms with Crippen LogP contribution in [0.1, 0.15) is 12.3 Å². The standard InChI is InChI=1S/C18H19FN6O2/c1-10-21-8-16(27-10)14-3-2-11-7-22-17(6-15(11)23-14)24-18(26)25-5-4-13(20)12(19)9-25/h2-3,6-8,12-13H,4-5,9,20H2,1H3,(H,22,24,26)/t12-,13-/m0/s1. The molecule has 8 nitrogen and oxygen atoms in total. The third-order valence-corrected chi connectivity index (χ3v) is 4.56. The molecule has 0 spiro atoms. The van der Waals surface area contributed by atoms with Gasteiger partial charge in [0.1, 0.15) is 17.7 Å². The number of oxazole rings is 1. The second-order valence-corrected chi connectivity index (χ2v) is 6.55. The predicted molar refractivity (Wildman–Crippen MR) is 97.9 cm³/mol. The van der Waals surface area contributed by atoms with Gasteiger partial charge in [-0.3, -0.25) is 5.32 Å². The van der Waals surface area contributed by atoms with Gasteiger partial charge >= 0.3 is 6.03 Å². The molecule has 9 heteroatoms. The summed E-state index contributed by atoms with van der Waals surface area (Å²) in [5.74, 6) is 1.47. The fourth-order valence-corrected chi connectivity index (χ4v) is 3.00. The maximum atomic E-state index is 13.8. The Balaban J connectivity index is 1.54. The molecule has 4 heterocycles. The fraction of sp³-hybridized carbons (Fsp3) is 0.333. The van der Waals surface area contributed by atoms with Crippen molar-refractivity contribution in [3.63, 3.8) is 0 Å². The minimum atomic E-state index is -1.22. The van der Waals surface area contributed by atoms with Crippen LogP contribution in [0.2, 0.25) is 0 Å². The van der Waals surface area contributed by atoms with E-state index in [9.17, 15) is 9.18 Å². The van der Waals surface area contributed by atoms with Gasteiger partial charge < -0.3 is 15.1 Å². The van der Waals surface area contributed by atoms with Crippen molar-refractivity contribution >= 4 is 22.8 Å². The summed E-state index contributed by atoms with van der Waals surface area (Å²) in [4.78, 5) is 26.6. The number of nitrogens with zero attached hydrogens (tertiary/aromatic N) is 4. The number of carbonyl (C=O) groups excluding carboxylic acids is 1. The maximum absolute atomic E-state index is 13.8. The largest absolute Gasteiger partial charge is 0.439 e. The van der Waals surface area contributed by atoms with E-state index < -0.39 is 18.2 Å². The number of pyridine rings is 2. The molecule has 0 radical (unpaired) electrons. The van der Waals surface area contributed by atoms with Crippen LogP contribution >= 0.6 is 0 Å². The molecular weight excluding hydrogens is 351 g/mol. The Kier molecular flexibility index (Phi) is 4.44. The molecule has 0 saturated carbocycles. The Morgan fingerprint density at radius 1 is 1.37 bits per heavy atom. The van der Waals surface area contributed by atoms with Crippen LogP contribution in [0.4, 0.5) is 15.0 Å². The lowest BCUT2D eigenvalue weighted by Gasteiger charge is -2.32. The van der Waals surface area contributed by atoms with Crippen molar-refractivity contribution in [3.8, 4) is 11.5 Å². The summed E-state index contributed by atoms with van der Waals surface area (Å²) in [5.41, 5.74) is 6.94. The molecule has 2 atom stereocenters. The number of urea groups is 1. The average molecular weight is 370 g/mol. The van der Waals surface area contributed by atoms with E-state index in [-0.39, 0.29) is 6.54 Å². The van der Waals surface area contributed by atoms with Gasteiger partial charge in [0.05, 0.1) is 18.3 Å². The highest BCUT2D eigenvalue weighted by Gasteiger charge is 2.29. The van der Waals surface area contributed by atoms with Crippen molar-refractivity contribution in [2.45, 2.75) is 25.6 Å². The van der Waals surface area contributed by atoms with Crippen LogP contribution in [0.3, 0.4) is 0 Å². The number of anilines is 1. The molecule has 0 unspecified atom stereocenters. The van der Waals surface area contributed by atoms with Crippen LogP contribution in [0.15, 0.2) is 35.0 Å². The first-order valence-corrected chi connectivity index (χ1v) is 8.65. The predicted octanol–water partition coefficient (Wildman–Crippen LogP) is 2.50. The van der Waals surface area contributed by atoms with Gasteiger partial charge in [0.25, 0.3) is 0 Å². The molecule has 1 aliphatic rings. The molecule has 1 fully saturated rings. The number of halogens is 1. The third kappa shape index (κ3) is 3.59. The van der Waals surface area contributed by atoms with Crippen LogP contribution < -0.4 is 11.1 Å². The average Bonchev–Trinajstić information content (AvgIpc) is 3.09. The minimum absolute atomic E-state index is 0.0200. The van der Waals surface area contributed by atoms with Crippen LogP contribution in [0.25, 0.3) is 22.4 Å². The molecule has 3 aromatic heterocycles. The number of nitrogens with one attached hydrogen (secondary N) is 1. The number of amides is 2.